The Morgan fingerprint density at radius 3 is 2.48 bits per heavy atom. The monoisotopic (exact) mass is 295 g/mol. The molecule has 3 N–H and O–H groups in total. The molecule has 0 saturated carbocycles. The second-order valence-corrected chi connectivity index (χ2v) is 5.11. The Hall–Kier alpha value is -1.59. The number of ether oxygens (including phenoxy) is 1. The van der Waals surface area contributed by atoms with Crippen molar-refractivity contribution in [1.29, 1.82) is 0 Å². The molecule has 1 aromatic rings. The minimum Gasteiger partial charge on any atom is -0.494 e. The van der Waals surface area contributed by atoms with Crippen molar-refractivity contribution in [2.45, 2.75) is 46.3 Å². The highest BCUT2D eigenvalue weighted by molar-refractivity contribution is 5.67. The van der Waals surface area contributed by atoms with E-state index in [1.54, 1.807) is 0 Å². The van der Waals surface area contributed by atoms with Crippen molar-refractivity contribution in [2.75, 3.05) is 13.2 Å². The quantitative estimate of drug-likeness (QED) is 0.685. The molecule has 0 amide bonds. The third-order valence-corrected chi connectivity index (χ3v) is 3.42. The first-order chi connectivity index (χ1) is 9.90. The summed E-state index contributed by atoms with van der Waals surface area (Å²) in [6.07, 6.45) is -0.990. The molecule has 2 unspecified atom stereocenters. The molecule has 2 atom stereocenters. The van der Waals surface area contributed by atoms with Gasteiger partial charge in [-0.25, -0.2) is 0 Å². The van der Waals surface area contributed by atoms with Crippen LogP contribution in [0.15, 0.2) is 12.1 Å². The van der Waals surface area contributed by atoms with Gasteiger partial charge in [-0.05, 0) is 56.1 Å². The number of likely N-dealkylation sites (N-methyl/N-ethyl adjacent to an activating group) is 1. The fraction of sp³-hybridized carbons (Fsp3) is 0.562. The van der Waals surface area contributed by atoms with Gasteiger partial charge in [0.15, 0.2) is 0 Å². The smallest absolute Gasteiger partial charge is 0.305 e. The molecule has 0 spiro atoms. The number of hydrogen-bond acceptors (Lipinski definition) is 4. The van der Waals surface area contributed by atoms with Crippen LogP contribution >= 0.6 is 0 Å². The number of aliphatic hydroxyl groups is 1. The average molecular weight is 295 g/mol. The van der Waals surface area contributed by atoms with Gasteiger partial charge in [-0.15, -0.1) is 0 Å². The topological polar surface area (TPSA) is 78.8 Å². The van der Waals surface area contributed by atoms with Crippen molar-refractivity contribution >= 4 is 5.97 Å². The third kappa shape index (κ3) is 4.72. The van der Waals surface area contributed by atoms with E-state index in [2.05, 4.69) is 5.32 Å². The molecule has 0 aromatic heterocycles. The summed E-state index contributed by atoms with van der Waals surface area (Å²) in [4.78, 5) is 10.9. The SMILES string of the molecule is CCNC(CC(=O)O)C(O)c1cc(C)c(OCC)cc1C. The van der Waals surface area contributed by atoms with Crippen LogP contribution in [0.2, 0.25) is 0 Å². The molecule has 0 aliphatic rings. The van der Waals surface area contributed by atoms with E-state index < -0.39 is 18.1 Å². The van der Waals surface area contributed by atoms with Gasteiger partial charge in [0.2, 0.25) is 0 Å². The van der Waals surface area contributed by atoms with Gasteiger partial charge in [0.25, 0.3) is 0 Å². The van der Waals surface area contributed by atoms with Gasteiger partial charge in [0.1, 0.15) is 5.75 Å². The zero-order chi connectivity index (χ0) is 16.0. The van der Waals surface area contributed by atoms with Crippen LogP contribution in [-0.2, 0) is 4.79 Å². The summed E-state index contributed by atoms with van der Waals surface area (Å²) >= 11 is 0. The van der Waals surface area contributed by atoms with Gasteiger partial charge < -0.3 is 20.3 Å². The van der Waals surface area contributed by atoms with Crippen molar-refractivity contribution < 1.29 is 19.7 Å². The average Bonchev–Trinajstić information content (AvgIpc) is 2.41. The maximum atomic E-state index is 10.9. The number of carboxylic acid groups (broad SMARTS) is 1. The van der Waals surface area contributed by atoms with Crippen LogP contribution in [0.3, 0.4) is 0 Å². The van der Waals surface area contributed by atoms with Gasteiger partial charge in [-0.3, -0.25) is 4.79 Å². The van der Waals surface area contributed by atoms with Crippen molar-refractivity contribution in [3.8, 4) is 5.75 Å². The maximum absolute atomic E-state index is 10.9. The lowest BCUT2D eigenvalue weighted by Crippen LogP contribution is -2.37. The maximum Gasteiger partial charge on any atom is 0.305 e. The molecule has 5 heteroatoms. The van der Waals surface area contributed by atoms with Gasteiger partial charge in [-0.2, -0.15) is 0 Å². The molecule has 118 valence electrons. The molecule has 1 aromatic carbocycles. The number of aryl methyl sites for hydroxylation is 2. The van der Waals surface area contributed by atoms with Gasteiger partial charge in [-0.1, -0.05) is 6.92 Å². The first kappa shape index (κ1) is 17.5. The fourth-order valence-corrected chi connectivity index (χ4v) is 2.40. The normalized spacial score (nSPS) is 13.8. The second kappa shape index (κ2) is 8.00. The van der Waals surface area contributed by atoms with E-state index in [0.29, 0.717) is 13.2 Å². The molecule has 0 bridgehead atoms. The van der Waals surface area contributed by atoms with E-state index in [1.807, 2.05) is 39.8 Å². The summed E-state index contributed by atoms with van der Waals surface area (Å²) < 4.78 is 5.53. The Bertz CT molecular complexity index is 487. The van der Waals surface area contributed by atoms with Gasteiger partial charge in [0, 0.05) is 6.04 Å². The number of hydrogen-bond donors (Lipinski definition) is 3. The Labute approximate surface area is 125 Å². The minimum absolute atomic E-state index is 0.124. The number of carboxylic acids is 1. The lowest BCUT2D eigenvalue weighted by Gasteiger charge is -2.25. The van der Waals surface area contributed by atoms with E-state index in [0.717, 1.165) is 22.4 Å². The molecule has 0 radical (unpaired) electrons. The van der Waals surface area contributed by atoms with E-state index in [4.69, 9.17) is 9.84 Å². The standard InChI is InChI=1S/C16H25NO4/c1-5-17-13(9-15(18)19)16(20)12-7-11(4)14(21-6-2)8-10(12)3/h7-8,13,16-17,20H,5-6,9H2,1-4H3,(H,18,19). The lowest BCUT2D eigenvalue weighted by molar-refractivity contribution is -0.138. The number of nitrogens with one attached hydrogen (secondary N) is 1. The van der Waals surface area contributed by atoms with Crippen molar-refractivity contribution in [2.24, 2.45) is 0 Å². The zero-order valence-corrected chi connectivity index (χ0v) is 13.1. The van der Waals surface area contributed by atoms with E-state index >= 15 is 0 Å². The summed E-state index contributed by atoms with van der Waals surface area (Å²) in [6, 6.07) is 3.25. The Morgan fingerprint density at radius 1 is 1.29 bits per heavy atom. The molecule has 0 saturated heterocycles. The van der Waals surface area contributed by atoms with Gasteiger partial charge >= 0.3 is 5.97 Å². The Kier molecular flexibility index (Phi) is 6.65. The van der Waals surface area contributed by atoms with Crippen LogP contribution in [0, 0.1) is 13.8 Å². The number of rotatable bonds is 8. The Balaban J connectivity index is 3.06. The van der Waals surface area contributed by atoms with Crippen molar-refractivity contribution in [3.63, 3.8) is 0 Å². The highest BCUT2D eigenvalue weighted by Gasteiger charge is 2.24. The molecule has 21 heavy (non-hydrogen) atoms. The Morgan fingerprint density at radius 2 is 1.95 bits per heavy atom. The van der Waals surface area contributed by atoms with Crippen LogP contribution < -0.4 is 10.1 Å². The van der Waals surface area contributed by atoms with Crippen LogP contribution in [0.1, 0.15) is 43.1 Å². The third-order valence-electron chi connectivity index (χ3n) is 3.42. The minimum atomic E-state index is -0.930. The predicted octanol–water partition coefficient (Wildman–Crippen LogP) is 2.19. The van der Waals surface area contributed by atoms with Crippen LogP contribution in [-0.4, -0.2) is 35.4 Å². The first-order valence-electron chi connectivity index (χ1n) is 7.27. The highest BCUT2D eigenvalue weighted by atomic mass is 16.5. The summed E-state index contributed by atoms with van der Waals surface area (Å²) in [6.45, 7) is 8.80. The summed E-state index contributed by atoms with van der Waals surface area (Å²) in [5, 5.41) is 22.5. The second-order valence-electron chi connectivity index (χ2n) is 5.11. The molecule has 1 rings (SSSR count). The molecular weight excluding hydrogens is 270 g/mol. The van der Waals surface area contributed by atoms with Crippen LogP contribution in [0.5, 0.6) is 5.75 Å². The molecule has 0 aliphatic heterocycles. The van der Waals surface area contributed by atoms with Gasteiger partial charge in [0.05, 0.1) is 19.1 Å². The van der Waals surface area contributed by atoms with E-state index in [1.165, 1.54) is 0 Å². The summed E-state index contributed by atoms with van der Waals surface area (Å²) in [5.74, 6) is -0.135. The van der Waals surface area contributed by atoms with E-state index in [9.17, 15) is 9.90 Å². The van der Waals surface area contributed by atoms with Crippen molar-refractivity contribution in [3.05, 3.63) is 28.8 Å². The fourth-order valence-electron chi connectivity index (χ4n) is 2.40. The van der Waals surface area contributed by atoms with Crippen LogP contribution in [0.4, 0.5) is 0 Å². The highest BCUT2D eigenvalue weighted by Crippen LogP contribution is 2.29. The number of aliphatic carboxylic acids is 1. The number of benzene rings is 1. The molecule has 0 fully saturated rings. The number of aliphatic hydroxyl groups excluding tert-OH is 1. The molecule has 0 aliphatic carbocycles. The summed E-state index contributed by atoms with van der Waals surface area (Å²) in [5.41, 5.74) is 2.56. The zero-order valence-electron chi connectivity index (χ0n) is 13.1. The summed E-state index contributed by atoms with van der Waals surface area (Å²) in [7, 11) is 0. The predicted molar refractivity (Wildman–Crippen MR) is 81.8 cm³/mol. The first-order valence-corrected chi connectivity index (χ1v) is 7.27. The van der Waals surface area contributed by atoms with E-state index in [-0.39, 0.29) is 6.42 Å². The molecule has 5 nitrogen and oxygen atoms in total. The molecule has 0 heterocycles. The molecular formula is C16H25NO4. The van der Waals surface area contributed by atoms with Crippen molar-refractivity contribution in [1.82, 2.24) is 5.32 Å². The van der Waals surface area contributed by atoms with Crippen LogP contribution in [0.25, 0.3) is 0 Å². The number of carbonyl (C=O) groups is 1. The largest absolute Gasteiger partial charge is 0.494 e. The lowest BCUT2D eigenvalue weighted by atomic mass is 9.94.